The van der Waals surface area contributed by atoms with Gasteiger partial charge in [0.15, 0.2) is 5.44 Å². The Hall–Kier alpha value is -2.02. The van der Waals surface area contributed by atoms with E-state index >= 15 is 0 Å². The van der Waals surface area contributed by atoms with Crippen molar-refractivity contribution in [3.05, 3.63) is 85.1 Å². The molecule has 0 bridgehead atoms. The number of nitrogens with zero attached hydrogens (tertiary/aromatic N) is 1. The summed E-state index contributed by atoms with van der Waals surface area (Å²) >= 11 is 0. The predicted molar refractivity (Wildman–Crippen MR) is 106 cm³/mol. The monoisotopic (exact) mass is 335 g/mol. The third kappa shape index (κ3) is 3.40. The first kappa shape index (κ1) is 16.8. The van der Waals surface area contributed by atoms with Gasteiger partial charge in [-0.2, -0.15) is 0 Å². The number of aromatic nitrogens is 1. The number of rotatable bonds is 7. The lowest BCUT2D eigenvalue weighted by molar-refractivity contribution is 0.811. The molecule has 1 heterocycles. The lowest BCUT2D eigenvalue weighted by Gasteiger charge is -2.26. The van der Waals surface area contributed by atoms with Gasteiger partial charge in [-0.3, -0.25) is 0 Å². The van der Waals surface area contributed by atoms with Gasteiger partial charge in [0.1, 0.15) is 17.9 Å². The first-order valence-electron chi connectivity index (χ1n) is 8.49. The molecule has 0 aliphatic carbocycles. The van der Waals surface area contributed by atoms with Crippen LogP contribution in [0.5, 0.6) is 0 Å². The van der Waals surface area contributed by atoms with Crippen molar-refractivity contribution >= 4 is 23.3 Å². The third-order valence-corrected chi connectivity index (χ3v) is 8.78. The van der Waals surface area contributed by atoms with E-state index in [9.17, 15) is 0 Å². The average molecular weight is 335 g/mol. The summed E-state index contributed by atoms with van der Waals surface area (Å²) in [4.78, 5) is 4.80. The molecule has 3 heteroatoms. The molecule has 0 saturated carbocycles. The first-order chi connectivity index (χ1) is 11.9. The normalized spacial score (nSPS) is 11.4. The molecular weight excluding hydrogens is 311 g/mol. The minimum Gasteiger partial charge on any atom is -0.330 e. The second-order valence-corrected chi connectivity index (χ2v) is 9.45. The highest BCUT2D eigenvalue weighted by Gasteiger charge is 2.45. The summed E-state index contributed by atoms with van der Waals surface area (Å²) in [5.74, 6) is 0. The van der Waals surface area contributed by atoms with Crippen molar-refractivity contribution in [2.24, 2.45) is 5.73 Å². The number of pyridine rings is 1. The summed E-state index contributed by atoms with van der Waals surface area (Å²) < 4.78 is 0. The standard InChI is InChI=1S/C21H24N2P/c22-16-8-10-18-24(19-11-3-1-4-12-19,20-13-5-2-6-14-20)21-15-7-9-17-23-21/h1-7,9,11-15,17H,8,10,16,18,22H2/q+1. The smallest absolute Gasteiger partial charge is 0.192 e. The van der Waals surface area contributed by atoms with E-state index in [1.54, 1.807) is 0 Å². The lowest BCUT2D eigenvalue weighted by atomic mass is 10.3. The van der Waals surface area contributed by atoms with Crippen LogP contribution in [0.2, 0.25) is 0 Å². The van der Waals surface area contributed by atoms with Gasteiger partial charge in [0.05, 0.1) is 6.16 Å². The molecule has 2 aromatic carbocycles. The molecule has 0 saturated heterocycles. The van der Waals surface area contributed by atoms with Crippen molar-refractivity contribution < 1.29 is 0 Å². The van der Waals surface area contributed by atoms with Crippen molar-refractivity contribution in [2.45, 2.75) is 12.8 Å². The minimum atomic E-state index is -1.75. The van der Waals surface area contributed by atoms with Gasteiger partial charge in [-0.25, -0.2) is 4.98 Å². The Bertz CT molecular complexity index is 633. The highest BCUT2D eigenvalue weighted by molar-refractivity contribution is 7.95. The zero-order valence-corrected chi connectivity index (χ0v) is 14.8. The molecule has 1 aromatic heterocycles. The molecule has 3 rings (SSSR count). The third-order valence-electron chi connectivity index (χ3n) is 4.38. The van der Waals surface area contributed by atoms with Gasteiger partial charge in [0.25, 0.3) is 0 Å². The van der Waals surface area contributed by atoms with Crippen LogP contribution in [0.3, 0.4) is 0 Å². The Labute approximate surface area is 145 Å². The van der Waals surface area contributed by atoms with E-state index < -0.39 is 7.26 Å². The summed E-state index contributed by atoms with van der Waals surface area (Å²) in [5, 5.41) is 2.79. The van der Waals surface area contributed by atoms with Crippen LogP contribution in [0.15, 0.2) is 85.1 Å². The van der Waals surface area contributed by atoms with E-state index in [0.717, 1.165) is 25.5 Å². The van der Waals surface area contributed by atoms with Crippen molar-refractivity contribution in [3.63, 3.8) is 0 Å². The van der Waals surface area contributed by atoms with Crippen molar-refractivity contribution in [3.8, 4) is 0 Å². The number of hydrogen-bond donors (Lipinski definition) is 1. The van der Waals surface area contributed by atoms with Gasteiger partial charge in [0.2, 0.25) is 0 Å². The molecule has 3 aromatic rings. The van der Waals surface area contributed by atoms with Crippen molar-refractivity contribution in [1.82, 2.24) is 4.98 Å². The lowest BCUT2D eigenvalue weighted by Crippen LogP contribution is -2.35. The van der Waals surface area contributed by atoms with E-state index in [2.05, 4.69) is 72.8 Å². The maximum atomic E-state index is 5.77. The number of nitrogens with two attached hydrogens (primary N) is 1. The van der Waals surface area contributed by atoms with E-state index in [4.69, 9.17) is 10.7 Å². The van der Waals surface area contributed by atoms with Crippen LogP contribution in [0.4, 0.5) is 0 Å². The average Bonchev–Trinajstić information content (AvgIpc) is 2.68. The molecule has 0 unspecified atom stereocenters. The fraction of sp³-hybridized carbons (Fsp3) is 0.190. The second-order valence-electron chi connectivity index (χ2n) is 5.89. The molecular formula is C21H24N2P+. The molecule has 0 amide bonds. The number of benzene rings is 2. The summed E-state index contributed by atoms with van der Waals surface area (Å²) in [5.41, 5.74) is 6.98. The van der Waals surface area contributed by atoms with Crippen LogP contribution < -0.4 is 21.8 Å². The molecule has 24 heavy (non-hydrogen) atoms. The zero-order valence-electron chi connectivity index (χ0n) is 13.9. The van der Waals surface area contributed by atoms with Crippen LogP contribution in [0.1, 0.15) is 12.8 Å². The highest BCUT2D eigenvalue weighted by atomic mass is 31.2. The highest BCUT2D eigenvalue weighted by Crippen LogP contribution is 2.55. The van der Waals surface area contributed by atoms with Crippen LogP contribution in [0, 0.1) is 0 Å². The molecule has 0 aliphatic rings. The Morgan fingerprint density at radius 3 is 1.79 bits per heavy atom. The van der Waals surface area contributed by atoms with Crippen LogP contribution in [-0.2, 0) is 0 Å². The van der Waals surface area contributed by atoms with Crippen molar-refractivity contribution in [1.29, 1.82) is 0 Å². The summed E-state index contributed by atoms with van der Waals surface area (Å²) in [6.07, 6.45) is 5.19. The molecule has 0 aliphatic heterocycles. The summed E-state index contributed by atoms with van der Waals surface area (Å²) in [7, 11) is -1.75. The van der Waals surface area contributed by atoms with Crippen molar-refractivity contribution in [2.75, 3.05) is 12.7 Å². The largest absolute Gasteiger partial charge is 0.330 e. The Morgan fingerprint density at radius 1 is 0.708 bits per heavy atom. The molecule has 122 valence electrons. The van der Waals surface area contributed by atoms with E-state index in [-0.39, 0.29) is 0 Å². The maximum absolute atomic E-state index is 5.77. The molecule has 0 spiro atoms. The zero-order chi connectivity index (χ0) is 16.7. The van der Waals surface area contributed by atoms with Gasteiger partial charge in [-0.05, 0) is 49.7 Å². The topological polar surface area (TPSA) is 38.9 Å². The second kappa shape index (κ2) is 8.19. The Balaban J connectivity index is 2.20. The molecule has 0 radical (unpaired) electrons. The van der Waals surface area contributed by atoms with Crippen LogP contribution in [0.25, 0.3) is 0 Å². The van der Waals surface area contributed by atoms with Gasteiger partial charge in [-0.1, -0.05) is 42.5 Å². The maximum Gasteiger partial charge on any atom is 0.192 e. The van der Waals surface area contributed by atoms with E-state index in [0.29, 0.717) is 0 Å². The Kier molecular flexibility index (Phi) is 5.74. The fourth-order valence-corrected chi connectivity index (χ4v) is 7.46. The summed E-state index contributed by atoms with van der Waals surface area (Å²) in [6, 6.07) is 28.1. The summed E-state index contributed by atoms with van der Waals surface area (Å²) in [6.45, 7) is 0.742. The quantitative estimate of drug-likeness (QED) is 0.532. The van der Waals surface area contributed by atoms with E-state index in [1.807, 2.05) is 12.3 Å². The van der Waals surface area contributed by atoms with Gasteiger partial charge >= 0.3 is 0 Å². The number of hydrogen-bond acceptors (Lipinski definition) is 2. The van der Waals surface area contributed by atoms with Gasteiger partial charge in [-0.15, -0.1) is 0 Å². The van der Waals surface area contributed by atoms with Gasteiger partial charge in [0, 0.05) is 12.3 Å². The molecule has 0 fully saturated rings. The van der Waals surface area contributed by atoms with Gasteiger partial charge < -0.3 is 5.73 Å². The predicted octanol–water partition coefficient (Wildman–Crippen LogP) is 3.11. The number of unbranched alkanes of at least 4 members (excludes halogenated alkanes) is 1. The molecule has 0 atom stereocenters. The molecule has 2 nitrogen and oxygen atoms in total. The molecule has 2 N–H and O–H groups in total. The van der Waals surface area contributed by atoms with Crippen LogP contribution >= 0.6 is 7.26 Å². The SMILES string of the molecule is NCCCC[P+](c1ccccc1)(c1ccccc1)c1ccccn1. The Morgan fingerprint density at radius 2 is 1.29 bits per heavy atom. The minimum absolute atomic E-state index is 0.742. The first-order valence-corrected chi connectivity index (χ1v) is 10.5. The van der Waals surface area contributed by atoms with Crippen LogP contribution in [-0.4, -0.2) is 17.7 Å². The van der Waals surface area contributed by atoms with E-state index in [1.165, 1.54) is 16.0 Å². The fourth-order valence-electron chi connectivity index (χ4n) is 3.22.